The molecule has 2 aromatic heterocycles. The van der Waals surface area contributed by atoms with E-state index in [0.29, 0.717) is 6.54 Å². The fourth-order valence-electron chi connectivity index (χ4n) is 5.49. The summed E-state index contributed by atoms with van der Waals surface area (Å²) in [7, 11) is 0. The lowest BCUT2D eigenvalue weighted by Crippen LogP contribution is -2.43. The number of anilines is 3. The second-order valence-corrected chi connectivity index (χ2v) is 9.69. The second kappa shape index (κ2) is 9.34. The molecule has 35 heavy (non-hydrogen) atoms. The zero-order chi connectivity index (χ0) is 23.8. The lowest BCUT2D eigenvalue weighted by atomic mass is 9.94. The minimum atomic E-state index is 0.0254. The standard InChI is InChI=1S/C27H32N6O2/c1-19-5-6-23-21(18-19)25-22(29-27(30-25)32-14-16-35-17-15-32)9-13-33(23)26(34)20-7-11-31(12-8-20)24-4-2-3-10-28-24/h2-6,10,18,20H,7-9,11-17H2,1H3,(H,29,30). The molecule has 8 heteroatoms. The van der Waals surface area contributed by atoms with E-state index in [4.69, 9.17) is 9.72 Å². The Labute approximate surface area is 205 Å². The summed E-state index contributed by atoms with van der Waals surface area (Å²) in [6, 6.07) is 12.4. The second-order valence-electron chi connectivity index (χ2n) is 9.69. The largest absolute Gasteiger partial charge is 0.378 e. The van der Waals surface area contributed by atoms with E-state index in [0.717, 1.165) is 93.1 Å². The molecule has 0 saturated carbocycles. The number of hydrogen-bond donors (Lipinski definition) is 1. The van der Waals surface area contributed by atoms with Crippen LogP contribution in [0.3, 0.4) is 0 Å². The van der Waals surface area contributed by atoms with Crippen molar-refractivity contribution in [3.05, 3.63) is 53.9 Å². The van der Waals surface area contributed by atoms with Crippen LogP contribution in [0.4, 0.5) is 17.5 Å². The van der Waals surface area contributed by atoms with E-state index in [-0.39, 0.29) is 11.8 Å². The topological polar surface area (TPSA) is 77.6 Å². The number of hydrogen-bond acceptors (Lipinski definition) is 6. The monoisotopic (exact) mass is 472 g/mol. The highest BCUT2D eigenvalue weighted by molar-refractivity contribution is 6.00. The van der Waals surface area contributed by atoms with Crippen molar-refractivity contribution >= 4 is 23.4 Å². The maximum atomic E-state index is 13.8. The zero-order valence-corrected chi connectivity index (χ0v) is 20.2. The first-order valence-electron chi connectivity index (χ1n) is 12.7. The van der Waals surface area contributed by atoms with Crippen molar-refractivity contribution < 1.29 is 9.53 Å². The van der Waals surface area contributed by atoms with E-state index in [2.05, 4.69) is 44.9 Å². The highest BCUT2D eigenvalue weighted by Gasteiger charge is 2.33. The van der Waals surface area contributed by atoms with Crippen LogP contribution < -0.4 is 14.7 Å². The molecule has 0 radical (unpaired) electrons. The zero-order valence-electron chi connectivity index (χ0n) is 20.2. The van der Waals surface area contributed by atoms with Crippen LogP contribution >= 0.6 is 0 Å². The van der Waals surface area contributed by atoms with Crippen molar-refractivity contribution in [2.45, 2.75) is 26.2 Å². The van der Waals surface area contributed by atoms with Crippen molar-refractivity contribution in [3.8, 4) is 11.3 Å². The van der Waals surface area contributed by atoms with Gasteiger partial charge in [0.25, 0.3) is 0 Å². The van der Waals surface area contributed by atoms with E-state index in [1.807, 2.05) is 29.3 Å². The van der Waals surface area contributed by atoms with Gasteiger partial charge < -0.3 is 24.4 Å². The van der Waals surface area contributed by atoms with Crippen molar-refractivity contribution in [1.82, 2.24) is 15.0 Å². The number of piperidine rings is 1. The fourth-order valence-corrected chi connectivity index (χ4v) is 5.49. The molecule has 8 nitrogen and oxygen atoms in total. The number of morpholine rings is 1. The van der Waals surface area contributed by atoms with Crippen molar-refractivity contribution in [2.75, 3.05) is 60.6 Å². The molecule has 5 heterocycles. The van der Waals surface area contributed by atoms with Crippen LogP contribution in [0.25, 0.3) is 11.3 Å². The Morgan fingerprint density at radius 1 is 1.03 bits per heavy atom. The number of amides is 1. The minimum absolute atomic E-state index is 0.0254. The van der Waals surface area contributed by atoms with Gasteiger partial charge in [0.2, 0.25) is 11.9 Å². The molecule has 1 N–H and O–H groups in total. The van der Waals surface area contributed by atoms with Gasteiger partial charge in [0.1, 0.15) is 5.82 Å². The highest BCUT2D eigenvalue weighted by Crippen LogP contribution is 2.38. The summed E-state index contributed by atoms with van der Waals surface area (Å²) in [5.74, 6) is 2.16. The van der Waals surface area contributed by atoms with Crippen molar-refractivity contribution in [2.24, 2.45) is 5.92 Å². The molecular formula is C27H32N6O2. The number of benzene rings is 1. The van der Waals surface area contributed by atoms with E-state index >= 15 is 0 Å². The Bertz CT molecular complexity index is 1200. The molecule has 2 fully saturated rings. The van der Waals surface area contributed by atoms with Gasteiger partial charge in [-0.15, -0.1) is 0 Å². The average molecular weight is 473 g/mol. The van der Waals surface area contributed by atoms with Gasteiger partial charge >= 0.3 is 0 Å². The first-order chi connectivity index (χ1) is 17.2. The predicted molar refractivity (Wildman–Crippen MR) is 137 cm³/mol. The SMILES string of the molecule is Cc1ccc2c(c1)-c1[nH]c(N3CCOCC3)nc1CCN2C(=O)C1CCN(c2ccccn2)CC1. The Hall–Kier alpha value is -3.39. The normalized spacial score (nSPS) is 18.7. The van der Waals surface area contributed by atoms with Crippen molar-refractivity contribution in [1.29, 1.82) is 0 Å². The molecule has 0 aliphatic carbocycles. The average Bonchev–Trinajstić information content (AvgIpc) is 3.28. The molecule has 0 spiro atoms. The van der Waals surface area contributed by atoms with E-state index < -0.39 is 0 Å². The lowest BCUT2D eigenvalue weighted by molar-refractivity contribution is -0.123. The number of aromatic amines is 1. The number of fused-ring (bicyclic) bond motifs is 3. The van der Waals surface area contributed by atoms with Crippen LogP contribution in [0.1, 0.15) is 24.1 Å². The molecular weight excluding hydrogens is 440 g/mol. The fraction of sp³-hybridized carbons (Fsp3) is 0.444. The van der Waals surface area contributed by atoms with Gasteiger partial charge in [0.05, 0.1) is 30.3 Å². The summed E-state index contributed by atoms with van der Waals surface area (Å²) in [5.41, 5.74) is 5.33. The van der Waals surface area contributed by atoms with Gasteiger partial charge in [-0.2, -0.15) is 0 Å². The van der Waals surface area contributed by atoms with Crippen LogP contribution in [0.5, 0.6) is 0 Å². The first-order valence-corrected chi connectivity index (χ1v) is 12.7. The Balaban J connectivity index is 1.25. The molecule has 3 aromatic rings. The summed E-state index contributed by atoms with van der Waals surface area (Å²) < 4.78 is 5.51. The van der Waals surface area contributed by atoms with Crippen LogP contribution in [-0.4, -0.2) is 66.8 Å². The van der Waals surface area contributed by atoms with Gasteiger partial charge in [-0.05, 0) is 44.0 Å². The third kappa shape index (κ3) is 4.27. The lowest BCUT2D eigenvalue weighted by Gasteiger charge is -2.35. The smallest absolute Gasteiger partial charge is 0.230 e. The third-order valence-corrected chi connectivity index (χ3v) is 7.44. The molecule has 2 saturated heterocycles. The van der Waals surface area contributed by atoms with E-state index in [1.54, 1.807) is 0 Å². The van der Waals surface area contributed by atoms with Crippen molar-refractivity contribution in [3.63, 3.8) is 0 Å². The molecule has 3 aliphatic heterocycles. The maximum absolute atomic E-state index is 13.8. The molecule has 1 aromatic carbocycles. The summed E-state index contributed by atoms with van der Waals surface area (Å²) in [6.45, 7) is 7.59. The van der Waals surface area contributed by atoms with Crippen LogP contribution in [0.2, 0.25) is 0 Å². The number of aromatic nitrogens is 3. The number of ether oxygens (including phenoxy) is 1. The number of imidazole rings is 1. The number of H-pyrrole nitrogens is 1. The molecule has 1 amide bonds. The van der Waals surface area contributed by atoms with Crippen LogP contribution in [0, 0.1) is 12.8 Å². The van der Waals surface area contributed by atoms with Gasteiger partial charge in [0.15, 0.2) is 0 Å². The number of carbonyl (C=O) groups is 1. The highest BCUT2D eigenvalue weighted by atomic mass is 16.5. The summed E-state index contributed by atoms with van der Waals surface area (Å²) in [6.07, 6.45) is 4.26. The maximum Gasteiger partial charge on any atom is 0.230 e. The van der Waals surface area contributed by atoms with Gasteiger partial charge in [0, 0.05) is 56.8 Å². The van der Waals surface area contributed by atoms with Crippen LogP contribution in [0.15, 0.2) is 42.6 Å². The number of nitrogens with zero attached hydrogens (tertiary/aromatic N) is 5. The summed E-state index contributed by atoms with van der Waals surface area (Å²) in [5, 5.41) is 0. The van der Waals surface area contributed by atoms with Gasteiger partial charge in [-0.1, -0.05) is 17.7 Å². The minimum Gasteiger partial charge on any atom is -0.378 e. The number of nitrogens with one attached hydrogen (secondary N) is 1. The Morgan fingerprint density at radius 3 is 2.63 bits per heavy atom. The number of carbonyl (C=O) groups excluding carboxylic acids is 1. The molecule has 0 atom stereocenters. The number of pyridine rings is 1. The Kier molecular flexibility index (Phi) is 5.90. The van der Waals surface area contributed by atoms with E-state index in [1.165, 1.54) is 5.56 Å². The first kappa shape index (κ1) is 22.1. The van der Waals surface area contributed by atoms with Gasteiger partial charge in [-0.3, -0.25) is 4.79 Å². The van der Waals surface area contributed by atoms with E-state index in [9.17, 15) is 4.79 Å². The van der Waals surface area contributed by atoms with Gasteiger partial charge in [-0.25, -0.2) is 9.97 Å². The number of rotatable bonds is 3. The summed E-state index contributed by atoms with van der Waals surface area (Å²) >= 11 is 0. The Morgan fingerprint density at radius 2 is 1.86 bits per heavy atom. The molecule has 182 valence electrons. The quantitative estimate of drug-likeness (QED) is 0.630. The third-order valence-electron chi connectivity index (χ3n) is 7.44. The van der Waals surface area contributed by atoms with Crippen LogP contribution in [-0.2, 0) is 16.0 Å². The number of aryl methyl sites for hydroxylation is 1. The predicted octanol–water partition coefficient (Wildman–Crippen LogP) is 3.42. The molecule has 0 bridgehead atoms. The molecule has 0 unspecified atom stereocenters. The molecule has 3 aliphatic rings. The summed E-state index contributed by atoms with van der Waals surface area (Å²) in [4.78, 5) is 33.4. The molecule has 6 rings (SSSR count).